The van der Waals surface area contributed by atoms with E-state index in [0.29, 0.717) is 18.0 Å². The maximum absolute atomic E-state index is 13.9. The lowest BCUT2D eigenvalue weighted by molar-refractivity contribution is 0.221. The van der Waals surface area contributed by atoms with Gasteiger partial charge in [-0.2, -0.15) is 0 Å². The molecular formula is C16H26F2N2. The molecule has 0 aliphatic carbocycles. The van der Waals surface area contributed by atoms with E-state index in [1.807, 2.05) is 0 Å². The second-order valence-corrected chi connectivity index (χ2v) is 5.35. The lowest BCUT2D eigenvalue weighted by Gasteiger charge is -2.28. The highest BCUT2D eigenvalue weighted by atomic mass is 19.2. The molecule has 4 heteroatoms. The smallest absolute Gasteiger partial charge is 0.163 e. The van der Waals surface area contributed by atoms with Crippen molar-refractivity contribution in [3.05, 3.63) is 35.4 Å². The molecule has 2 unspecified atom stereocenters. The van der Waals surface area contributed by atoms with E-state index in [1.165, 1.54) is 0 Å². The number of hydrogen-bond acceptors (Lipinski definition) is 2. The van der Waals surface area contributed by atoms with Crippen molar-refractivity contribution in [1.29, 1.82) is 0 Å². The summed E-state index contributed by atoms with van der Waals surface area (Å²) in [6.45, 7) is 9.02. The highest BCUT2D eigenvalue weighted by Crippen LogP contribution is 2.20. The number of nitrogens with zero attached hydrogens (tertiary/aromatic N) is 1. The van der Waals surface area contributed by atoms with Crippen molar-refractivity contribution in [3.63, 3.8) is 0 Å². The first-order chi connectivity index (χ1) is 9.53. The molecule has 20 heavy (non-hydrogen) atoms. The van der Waals surface area contributed by atoms with E-state index < -0.39 is 11.6 Å². The molecule has 0 bridgehead atoms. The fourth-order valence-electron chi connectivity index (χ4n) is 2.30. The van der Waals surface area contributed by atoms with E-state index in [4.69, 9.17) is 0 Å². The molecular weight excluding hydrogens is 258 g/mol. The first kappa shape index (κ1) is 17.1. The van der Waals surface area contributed by atoms with Crippen LogP contribution in [0, 0.1) is 17.6 Å². The molecule has 0 saturated heterocycles. The van der Waals surface area contributed by atoms with Crippen molar-refractivity contribution in [2.24, 2.45) is 5.92 Å². The molecule has 0 aromatic heterocycles. The third-order valence-electron chi connectivity index (χ3n) is 3.86. The van der Waals surface area contributed by atoms with Gasteiger partial charge < -0.3 is 10.2 Å². The second kappa shape index (κ2) is 8.32. The largest absolute Gasteiger partial charge is 0.312 e. The zero-order chi connectivity index (χ0) is 15.1. The summed E-state index contributed by atoms with van der Waals surface area (Å²) in [5, 5.41) is 3.09. The SMILES string of the molecule is CCC(C)CN(CC)CC(NC)c1cccc(F)c1F. The molecule has 0 aliphatic heterocycles. The summed E-state index contributed by atoms with van der Waals surface area (Å²) in [5.74, 6) is -0.927. The number of benzene rings is 1. The van der Waals surface area contributed by atoms with E-state index in [0.717, 1.165) is 25.6 Å². The van der Waals surface area contributed by atoms with Crippen LogP contribution in [-0.4, -0.2) is 31.6 Å². The molecule has 0 aliphatic rings. The number of halogens is 2. The monoisotopic (exact) mass is 284 g/mol. The van der Waals surface area contributed by atoms with E-state index in [9.17, 15) is 8.78 Å². The fourth-order valence-corrected chi connectivity index (χ4v) is 2.30. The Morgan fingerprint density at radius 1 is 1.20 bits per heavy atom. The van der Waals surface area contributed by atoms with Gasteiger partial charge in [-0.3, -0.25) is 0 Å². The summed E-state index contributed by atoms with van der Waals surface area (Å²) in [4.78, 5) is 2.28. The van der Waals surface area contributed by atoms with Crippen LogP contribution >= 0.6 is 0 Å². The van der Waals surface area contributed by atoms with Crippen LogP contribution in [-0.2, 0) is 0 Å². The van der Waals surface area contributed by atoms with Crippen molar-refractivity contribution in [1.82, 2.24) is 10.2 Å². The van der Waals surface area contributed by atoms with Crippen molar-refractivity contribution in [2.45, 2.75) is 33.2 Å². The molecule has 0 radical (unpaired) electrons. The van der Waals surface area contributed by atoms with Crippen molar-refractivity contribution >= 4 is 0 Å². The van der Waals surface area contributed by atoms with Gasteiger partial charge in [0.1, 0.15) is 0 Å². The molecule has 0 heterocycles. The molecule has 1 N–H and O–H groups in total. The van der Waals surface area contributed by atoms with Crippen LogP contribution in [0.1, 0.15) is 38.8 Å². The molecule has 114 valence electrons. The molecule has 0 amide bonds. The quantitative estimate of drug-likeness (QED) is 0.785. The predicted molar refractivity (Wildman–Crippen MR) is 79.7 cm³/mol. The molecule has 0 saturated carbocycles. The molecule has 0 fully saturated rings. The summed E-state index contributed by atoms with van der Waals surface area (Å²) < 4.78 is 27.2. The summed E-state index contributed by atoms with van der Waals surface area (Å²) in [5.41, 5.74) is 0.398. The van der Waals surface area contributed by atoms with Crippen LogP contribution in [0.25, 0.3) is 0 Å². The number of likely N-dealkylation sites (N-methyl/N-ethyl adjacent to an activating group) is 2. The zero-order valence-electron chi connectivity index (χ0n) is 12.9. The van der Waals surface area contributed by atoms with E-state index in [1.54, 1.807) is 19.2 Å². The minimum Gasteiger partial charge on any atom is -0.312 e. The highest BCUT2D eigenvalue weighted by molar-refractivity contribution is 5.22. The third kappa shape index (κ3) is 4.53. The minimum atomic E-state index is -0.785. The molecule has 0 spiro atoms. The molecule has 2 nitrogen and oxygen atoms in total. The summed E-state index contributed by atoms with van der Waals surface area (Å²) in [7, 11) is 1.78. The van der Waals surface area contributed by atoms with Gasteiger partial charge in [0.15, 0.2) is 11.6 Å². The van der Waals surface area contributed by atoms with Crippen LogP contribution in [0.2, 0.25) is 0 Å². The van der Waals surface area contributed by atoms with Crippen molar-refractivity contribution < 1.29 is 8.78 Å². The minimum absolute atomic E-state index is 0.199. The van der Waals surface area contributed by atoms with Gasteiger partial charge in [0, 0.05) is 24.7 Å². The van der Waals surface area contributed by atoms with Gasteiger partial charge in [-0.1, -0.05) is 39.3 Å². The van der Waals surface area contributed by atoms with Crippen LogP contribution in [0.15, 0.2) is 18.2 Å². The molecule has 2 atom stereocenters. The number of nitrogens with one attached hydrogen (secondary N) is 1. The Hall–Kier alpha value is -1.00. The van der Waals surface area contributed by atoms with Crippen LogP contribution in [0.3, 0.4) is 0 Å². The normalized spacial score (nSPS) is 14.6. The Kier molecular flexibility index (Phi) is 7.10. The zero-order valence-corrected chi connectivity index (χ0v) is 12.9. The van der Waals surface area contributed by atoms with Crippen molar-refractivity contribution in [2.75, 3.05) is 26.7 Å². The van der Waals surface area contributed by atoms with E-state index in [-0.39, 0.29) is 6.04 Å². The average molecular weight is 284 g/mol. The maximum Gasteiger partial charge on any atom is 0.163 e. The number of hydrogen-bond donors (Lipinski definition) is 1. The predicted octanol–water partition coefficient (Wildman–Crippen LogP) is 3.59. The first-order valence-corrected chi connectivity index (χ1v) is 7.36. The number of rotatable bonds is 8. The Morgan fingerprint density at radius 3 is 2.45 bits per heavy atom. The Bertz CT molecular complexity index is 409. The second-order valence-electron chi connectivity index (χ2n) is 5.35. The van der Waals surface area contributed by atoms with Crippen LogP contribution in [0.4, 0.5) is 8.78 Å². The topological polar surface area (TPSA) is 15.3 Å². The Labute approximate surface area is 121 Å². The summed E-state index contributed by atoms with van der Waals surface area (Å²) in [6, 6.07) is 4.16. The maximum atomic E-state index is 13.9. The lowest BCUT2D eigenvalue weighted by Crippen LogP contribution is -2.36. The molecule has 1 aromatic rings. The van der Waals surface area contributed by atoms with Gasteiger partial charge >= 0.3 is 0 Å². The fraction of sp³-hybridized carbons (Fsp3) is 0.625. The summed E-state index contributed by atoms with van der Waals surface area (Å²) >= 11 is 0. The molecule has 1 rings (SSSR count). The average Bonchev–Trinajstić information content (AvgIpc) is 2.46. The van der Waals surface area contributed by atoms with Crippen LogP contribution < -0.4 is 5.32 Å². The molecule has 1 aromatic carbocycles. The van der Waals surface area contributed by atoms with E-state index in [2.05, 4.69) is 31.0 Å². The van der Waals surface area contributed by atoms with Gasteiger partial charge in [0.25, 0.3) is 0 Å². The third-order valence-corrected chi connectivity index (χ3v) is 3.86. The Balaban J connectivity index is 2.82. The Morgan fingerprint density at radius 2 is 1.90 bits per heavy atom. The van der Waals surface area contributed by atoms with Gasteiger partial charge in [0.2, 0.25) is 0 Å². The standard InChI is InChI=1S/C16H26F2N2/c1-5-12(3)10-20(6-2)11-15(19-4)13-8-7-9-14(17)16(13)18/h7-9,12,15,19H,5-6,10-11H2,1-4H3. The highest BCUT2D eigenvalue weighted by Gasteiger charge is 2.19. The van der Waals surface area contributed by atoms with Gasteiger partial charge in [0.05, 0.1) is 0 Å². The van der Waals surface area contributed by atoms with Gasteiger partial charge in [-0.05, 0) is 25.6 Å². The summed E-state index contributed by atoms with van der Waals surface area (Å²) in [6.07, 6.45) is 1.12. The lowest BCUT2D eigenvalue weighted by atomic mass is 10.0. The van der Waals surface area contributed by atoms with E-state index >= 15 is 0 Å². The first-order valence-electron chi connectivity index (χ1n) is 7.36. The van der Waals surface area contributed by atoms with Crippen molar-refractivity contribution in [3.8, 4) is 0 Å². The van der Waals surface area contributed by atoms with Gasteiger partial charge in [-0.25, -0.2) is 8.78 Å². The van der Waals surface area contributed by atoms with Gasteiger partial charge in [-0.15, -0.1) is 0 Å². The van der Waals surface area contributed by atoms with Crippen LogP contribution in [0.5, 0.6) is 0 Å².